The van der Waals surface area contributed by atoms with Crippen LogP contribution in [0.3, 0.4) is 0 Å². The highest BCUT2D eigenvalue weighted by Gasteiger charge is 1.92. The average Bonchev–Trinajstić information content (AvgIpc) is 2.37. The van der Waals surface area contributed by atoms with Crippen molar-refractivity contribution in [3.05, 3.63) is 60.2 Å². The normalized spacial score (nSPS) is 10.2. The lowest BCUT2D eigenvalue weighted by Crippen LogP contribution is -2.30. The summed E-state index contributed by atoms with van der Waals surface area (Å²) in [5.41, 5.74) is 8.72. The van der Waals surface area contributed by atoms with Crippen molar-refractivity contribution in [2.24, 2.45) is 0 Å². The lowest BCUT2D eigenvalue weighted by molar-refractivity contribution is 0.529. The van der Waals surface area contributed by atoms with Gasteiger partial charge in [-0.1, -0.05) is 0 Å². The molecule has 0 aromatic carbocycles. The van der Waals surface area contributed by atoms with Crippen LogP contribution in [0.2, 0.25) is 0 Å². The molecule has 4 heteroatoms. The Morgan fingerprint density at radius 1 is 0.688 bits per heavy atom. The van der Waals surface area contributed by atoms with Crippen molar-refractivity contribution in [2.75, 3.05) is 0 Å². The van der Waals surface area contributed by atoms with E-state index in [4.69, 9.17) is 0 Å². The molecule has 0 atom stereocenters. The lowest BCUT2D eigenvalue weighted by Gasteiger charge is -2.06. The van der Waals surface area contributed by atoms with Crippen LogP contribution in [0, 0.1) is 0 Å². The highest BCUT2D eigenvalue weighted by Crippen LogP contribution is 1.95. The first-order chi connectivity index (χ1) is 7.95. The van der Waals surface area contributed by atoms with Crippen LogP contribution in [0.4, 0.5) is 0 Å². The van der Waals surface area contributed by atoms with Crippen LogP contribution < -0.4 is 10.9 Å². The van der Waals surface area contributed by atoms with E-state index < -0.39 is 0 Å². The van der Waals surface area contributed by atoms with Crippen LogP contribution in [0.15, 0.2) is 49.1 Å². The van der Waals surface area contributed by atoms with Gasteiger partial charge in [0.25, 0.3) is 0 Å². The van der Waals surface area contributed by atoms with Crippen LogP contribution >= 0.6 is 0 Å². The fraction of sp³-hybridized carbons (Fsp3) is 0.167. The third kappa shape index (κ3) is 3.42. The first-order valence-electron chi connectivity index (χ1n) is 5.19. The van der Waals surface area contributed by atoms with E-state index in [0.29, 0.717) is 0 Å². The van der Waals surface area contributed by atoms with Gasteiger partial charge in [-0.2, -0.15) is 0 Å². The van der Waals surface area contributed by atoms with Gasteiger partial charge in [0, 0.05) is 37.9 Å². The molecule has 0 aliphatic carbocycles. The molecule has 0 fully saturated rings. The first-order valence-corrected chi connectivity index (χ1v) is 5.19. The van der Waals surface area contributed by atoms with Crippen LogP contribution in [0.25, 0.3) is 0 Å². The topological polar surface area (TPSA) is 49.8 Å². The summed E-state index contributed by atoms with van der Waals surface area (Å²) in [6.07, 6.45) is 7.17. The molecule has 0 radical (unpaired) electrons. The second-order valence-corrected chi connectivity index (χ2v) is 3.42. The van der Waals surface area contributed by atoms with Gasteiger partial charge in [-0.25, -0.2) is 0 Å². The van der Waals surface area contributed by atoms with Gasteiger partial charge in [-0.3, -0.25) is 20.8 Å². The average molecular weight is 214 g/mol. The third-order valence-corrected chi connectivity index (χ3v) is 2.21. The summed E-state index contributed by atoms with van der Waals surface area (Å²) in [5.74, 6) is 0. The maximum Gasteiger partial charge on any atom is 0.0352 e. The largest absolute Gasteiger partial charge is 0.265 e. The fourth-order valence-corrected chi connectivity index (χ4v) is 1.33. The summed E-state index contributed by atoms with van der Waals surface area (Å²) < 4.78 is 0. The van der Waals surface area contributed by atoms with E-state index in [9.17, 15) is 0 Å². The first kappa shape index (κ1) is 10.7. The van der Waals surface area contributed by atoms with E-state index in [1.807, 2.05) is 24.3 Å². The Kier molecular flexibility index (Phi) is 3.99. The Hall–Kier alpha value is -1.78. The third-order valence-electron chi connectivity index (χ3n) is 2.21. The van der Waals surface area contributed by atoms with Gasteiger partial charge in [0.1, 0.15) is 0 Å². The maximum atomic E-state index is 3.97. The van der Waals surface area contributed by atoms with E-state index in [0.717, 1.165) is 13.1 Å². The smallest absolute Gasteiger partial charge is 0.0352 e. The molecule has 0 bridgehead atoms. The predicted molar refractivity (Wildman–Crippen MR) is 62.2 cm³/mol. The van der Waals surface area contributed by atoms with Gasteiger partial charge in [0.2, 0.25) is 0 Å². The number of hydrazine groups is 1. The van der Waals surface area contributed by atoms with E-state index >= 15 is 0 Å². The second-order valence-electron chi connectivity index (χ2n) is 3.42. The molecule has 0 aliphatic heterocycles. The van der Waals surface area contributed by atoms with Gasteiger partial charge < -0.3 is 0 Å². The van der Waals surface area contributed by atoms with Gasteiger partial charge >= 0.3 is 0 Å². The number of nitrogens with one attached hydrogen (secondary N) is 2. The van der Waals surface area contributed by atoms with E-state index in [-0.39, 0.29) is 0 Å². The van der Waals surface area contributed by atoms with Crippen molar-refractivity contribution in [1.29, 1.82) is 0 Å². The molecule has 2 rings (SSSR count). The zero-order valence-corrected chi connectivity index (χ0v) is 8.93. The molecule has 2 aromatic heterocycles. The highest BCUT2D eigenvalue weighted by atomic mass is 15.3. The number of hydrogen-bond donors (Lipinski definition) is 2. The molecule has 2 heterocycles. The Morgan fingerprint density at radius 2 is 1.06 bits per heavy atom. The summed E-state index contributed by atoms with van der Waals surface area (Å²) >= 11 is 0. The van der Waals surface area contributed by atoms with Crippen LogP contribution in [-0.4, -0.2) is 9.97 Å². The standard InChI is InChI=1S/C12H14N4/c1-5-13-6-2-11(1)9-15-16-10-12-3-7-14-8-4-12/h1-8,15-16H,9-10H2. The van der Waals surface area contributed by atoms with Crippen molar-refractivity contribution in [3.8, 4) is 0 Å². The van der Waals surface area contributed by atoms with Crippen molar-refractivity contribution < 1.29 is 0 Å². The van der Waals surface area contributed by atoms with E-state index in [2.05, 4.69) is 20.8 Å². The molecule has 16 heavy (non-hydrogen) atoms. The summed E-state index contributed by atoms with van der Waals surface area (Å²) in [6, 6.07) is 7.95. The van der Waals surface area contributed by atoms with Gasteiger partial charge in [0.05, 0.1) is 0 Å². The van der Waals surface area contributed by atoms with Crippen molar-refractivity contribution >= 4 is 0 Å². The predicted octanol–water partition coefficient (Wildman–Crippen LogP) is 1.27. The Morgan fingerprint density at radius 3 is 1.44 bits per heavy atom. The summed E-state index contributed by atoms with van der Waals surface area (Å²) in [6.45, 7) is 1.57. The molecule has 4 nitrogen and oxygen atoms in total. The number of pyridine rings is 2. The molecule has 0 amide bonds. The van der Waals surface area contributed by atoms with Gasteiger partial charge in [-0.05, 0) is 35.4 Å². The van der Waals surface area contributed by atoms with Crippen molar-refractivity contribution in [2.45, 2.75) is 13.1 Å². The summed E-state index contributed by atoms with van der Waals surface area (Å²) in [5, 5.41) is 0. The molecule has 0 unspecified atom stereocenters. The molecule has 82 valence electrons. The number of nitrogens with zero attached hydrogens (tertiary/aromatic N) is 2. The molecule has 2 aromatic rings. The molecule has 2 N–H and O–H groups in total. The number of rotatable bonds is 5. The van der Waals surface area contributed by atoms with E-state index in [1.165, 1.54) is 11.1 Å². The molecule has 0 spiro atoms. The molecule has 0 saturated heterocycles. The minimum Gasteiger partial charge on any atom is -0.265 e. The SMILES string of the molecule is c1cc(CNNCc2ccncc2)ccn1. The second kappa shape index (κ2) is 5.95. The molecular formula is C12H14N4. The summed E-state index contributed by atoms with van der Waals surface area (Å²) in [4.78, 5) is 7.93. The lowest BCUT2D eigenvalue weighted by atomic mass is 10.3. The molecule has 0 saturated carbocycles. The summed E-state index contributed by atoms with van der Waals surface area (Å²) in [7, 11) is 0. The maximum absolute atomic E-state index is 3.97. The monoisotopic (exact) mass is 214 g/mol. The van der Waals surface area contributed by atoms with Crippen LogP contribution in [0.1, 0.15) is 11.1 Å². The Labute approximate surface area is 94.7 Å². The van der Waals surface area contributed by atoms with E-state index in [1.54, 1.807) is 24.8 Å². The van der Waals surface area contributed by atoms with Crippen molar-refractivity contribution in [3.63, 3.8) is 0 Å². The zero-order chi connectivity index (χ0) is 11.1. The highest BCUT2D eigenvalue weighted by molar-refractivity contribution is 5.10. The van der Waals surface area contributed by atoms with Crippen LogP contribution in [0.5, 0.6) is 0 Å². The molecule has 0 aliphatic rings. The van der Waals surface area contributed by atoms with Crippen molar-refractivity contribution in [1.82, 2.24) is 20.8 Å². The Balaban J connectivity index is 1.70. The number of hydrogen-bond acceptors (Lipinski definition) is 4. The number of aromatic nitrogens is 2. The molecular weight excluding hydrogens is 200 g/mol. The zero-order valence-electron chi connectivity index (χ0n) is 8.93. The Bertz CT molecular complexity index is 360. The van der Waals surface area contributed by atoms with Gasteiger partial charge in [0.15, 0.2) is 0 Å². The quantitative estimate of drug-likeness (QED) is 0.581. The van der Waals surface area contributed by atoms with Gasteiger partial charge in [-0.15, -0.1) is 0 Å². The fourth-order valence-electron chi connectivity index (χ4n) is 1.33. The minimum absolute atomic E-state index is 0.785. The van der Waals surface area contributed by atoms with Crippen LogP contribution in [-0.2, 0) is 13.1 Å². The minimum atomic E-state index is 0.785.